The summed E-state index contributed by atoms with van der Waals surface area (Å²) < 4.78 is 32.6. The molecule has 10 nitrogen and oxygen atoms in total. The van der Waals surface area contributed by atoms with Crippen LogP contribution in [0.25, 0.3) is 0 Å². The summed E-state index contributed by atoms with van der Waals surface area (Å²) >= 11 is 0. The number of hydrogen-bond acceptors (Lipinski definition) is 9. The zero-order valence-corrected chi connectivity index (χ0v) is 35.5. The smallest absolute Gasteiger partial charge is 0.462 e. The van der Waals surface area contributed by atoms with Crippen molar-refractivity contribution in [1.82, 2.24) is 0 Å². The molecule has 0 aromatic carbocycles. The number of carbonyl (C=O) groups is 2. The van der Waals surface area contributed by atoms with Crippen LogP contribution in [0.15, 0.2) is 48.6 Å². The Morgan fingerprint density at radius 1 is 0.545 bits per heavy atom. The minimum atomic E-state index is -4.63. The molecular weight excluding hydrogens is 719 g/mol. The van der Waals surface area contributed by atoms with E-state index in [1.807, 2.05) is 6.08 Å². The van der Waals surface area contributed by atoms with Gasteiger partial charge in [0.15, 0.2) is 6.10 Å². The van der Waals surface area contributed by atoms with Gasteiger partial charge >= 0.3 is 19.8 Å². The van der Waals surface area contributed by atoms with E-state index in [9.17, 15) is 24.2 Å². The van der Waals surface area contributed by atoms with Crippen LogP contribution >= 0.6 is 7.82 Å². The van der Waals surface area contributed by atoms with E-state index in [4.69, 9.17) is 19.1 Å². The minimum absolute atomic E-state index is 0.110. The molecule has 0 aliphatic heterocycles. The van der Waals surface area contributed by atoms with Gasteiger partial charge in [0.05, 0.1) is 19.8 Å². The van der Waals surface area contributed by atoms with Crippen molar-refractivity contribution < 1.29 is 47.8 Å². The van der Waals surface area contributed by atoms with Gasteiger partial charge in [-0.15, -0.1) is 0 Å². The van der Waals surface area contributed by atoms with Crippen molar-refractivity contribution in [2.24, 2.45) is 0 Å². The highest BCUT2D eigenvalue weighted by Crippen LogP contribution is 2.43. The molecule has 0 aliphatic carbocycles. The zero-order chi connectivity index (χ0) is 40.5. The molecule has 0 radical (unpaired) electrons. The number of ether oxygens (including phenoxy) is 2. The molecule has 0 fully saturated rings. The predicted molar refractivity (Wildman–Crippen MR) is 224 cm³/mol. The summed E-state index contributed by atoms with van der Waals surface area (Å²) in [5.41, 5.74) is 0. The van der Waals surface area contributed by atoms with E-state index in [-0.39, 0.29) is 19.4 Å². The summed E-state index contributed by atoms with van der Waals surface area (Å²) in [5.74, 6) is -0.996. The van der Waals surface area contributed by atoms with Crippen molar-refractivity contribution in [1.29, 1.82) is 0 Å². The van der Waals surface area contributed by atoms with Gasteiger partial charge in [0.2, 0.25) is 0 Å². The summed E-state index contributed by atoms with van der Waals surface area (Å²) in [4.78, 5) is 34.9. The fourth-order valence-electron chi connectivity index (χ4n) is 5.59. The van der Waals surface area contributed by atoms with E-state index in [1.165, 1.54) is 77.0 Å². The number of unbranched alkanes of at least 4 members (excludes halogenated alkanes) is 18. The van der Waals surface area contributed by atoms with Gasteiger partial charge in [-0.05, 0) is 70.6 Å². The van der Waals surface area contributed by atoms with Gasteiger partial charge in [-0.2, -0.15) is 0 Å². The molecule has 3 atom stereocenters. The van der Waals surface area contributed by atoms with Crippen LogP contribution in [-0.4, -0.2) is 65.7 Å². The molecular formula is C44H79O10P. The fourth-order valence-corrected chi connectivity index (χ4v) is 6.38. The second-order valence-corrected chi connectivity index (χ2v) is 15.8. The lowest BCUT2D eigenvalue weighted by Crippen LogP contribution is -2.29. The summed E-state index contributed by atoms with van der Waals surface area (Å²) in [5, 5.41) is 18.3. The number of allylic oxidation sites excluding steroid dienone is 8. The molecule has 0 amide bonds. The molecule has 0 bridgehead atoms. The lowest BCUT2D eigenvalue weighted by atomic mass is 10.1. The third-order valence-electron chi connectivity index (χ3n) is 8.96. The number of carbonyl (C=O) groups excluding carboxylic acids is 2. The van der Waals surface area contributed by atoms with Crippen LogP contribution in [0.2, 0.25) is 0 Å². The molecule has 0 heterocycles. The first kappa shape index (κ1) is 52.9. The van der Waals surface area contributed by atoms with Crippen LogP contribution in [0.3, 0.4) is 0 Å². The summed E-state index contributed by atoms with van der Waals surface area (Å²) in [7, 11) is -4.63. The van der Waals surface area contributed by atoms with E-state index in [0.29, 0.717) is 19.3 Å². The van der Waals surface area contributed by atoms with E-state index in [2.05, 4.69) is 60.9 Å². The van der Waals surface area contributed by atoms with Gasteiger partial charge in [0, 0.05) is 12.8 Å². The molecule has 0 aromatic rings. The lowest BCUT2D eigenvalue weighted by molar-refractivity contribution is -0.161. The first-order valence-electron chi connectivity index (χ1n) is 21.6. The topological polar surface area (TPSA) is 149 Å². The lowest BCUT2D eigenvalue weighted by Gasteiger charge is -2.20. The molecule has 320 valence electrons. The SMILES string of the molecule is CCCCCCCCC=CCC=CCC=CCCCC(=O)OC(COC(=O)CCCCCCCC=CCCCCCCCC)COP(=O)(O)OCC(O)CO. The van der Waals surface area contributed by atoms with E-state index in [0.717, 1.165) is 57.8 Å². The average molecular weight is 799 g/mol. The van der Waals surface area contributed by atoms with Crippen LogP contribution in [-0.2, 0) is 32.7 Å². The Hall–Kier alpha value is -2.07. The zero-order valence-electron chi connectivity index (χ0n) is 34.6. The van der Waals surface area contributed by atoms with Gasteiger partial charge in [0.25, 0.3) is 0 Å². The van der Waals surface area contributed by atoms with Gasteiger partial charge < -0.3 is 24.6 Å². The Morgan fingerprint density at radius 3 is 1.49 bits per heavy atom. The quantitative estimate of drug-likeness (QED) is 0.0237. The van der Waals surface area contributed by atoms with Crippen LogP contribution < -0.4 is 0 Å². The Kier molecular flexibility index (Phi) is 38.6. The number of hydrogen-bond donors (Lipinski definition) is 3. The van der Waals surface area contributed by atoms with Crippen LogP contribution in [0.1, 0.15) is 181 Å². The molecule has 0 rings (SSSR count). The highest BCUT2D eigenvalue weighted by molar-refractivity contribution is 7.47. The normalized spacial score (nSPS) is 14.3. The molecule has 0 spiro atoms. The van der Waals surface area contributed by atoms with E-state index < -0.39 is 51.8 Å². The van der Waals surface area contributed by atoms with E-state index in [1.54, 1.807) is 0 Å². The van der Waals surface area contributed by atoms with Crippen molar-refractivity contribution in [3.05, 3.63) is 48.6 Å². The predicted octanol–water partition coefficient (Wildman–Crippen LogP) is 11.3. The van der Waals surface area contributed by atoms with Crippen molar-refractivity contribution in [3.63, 3.8) is 0 Å². The monoisotopic (exact) mass is 799 g/mol. The van der Waals surface area contributed by atoms with Crippen LogP contribution in [0, 0.1) is 0 Å². The molecule has 55 heavy (non-hydrogen) atoms. The Morgan fingerprint density at radius 2 is 0.964 bits per heavy atom. The first-order valence-corrected chi connectivity index (χ1v) is 23.1. The Balaban J connectivity index is 4.41. The summed E-state index contributed by atoms with van der Waals surface area (Å²) in [6, 6.07) is 0. The molecule has 11 heteroatoms. The maximum absolute atomic E-state index is 12.6. The third-order valence-corrected chi connectivity index (χ3v) is 9.91. The standard InChI is InChI=1S/C44H79O10P/c1-3-5-7-9-11-13-15-17-19-20-22-24-26-28-30-32-34-36-44(48)54-42(40-53-55(49,50)52-38-41(46)37-45)39-51-43(47)35-33-31-29-27-25-23-21-18-16-14-12-10-8-6-4-2/h17-19,21-22,24,28,30,41-42,45-46H,3-16,20,23,25-27,29,31-40H2,1-2H3,(H,49,50). The van der Waals surface area contributed by atoms with Gasteiger partial charge in [-0.3, -0.25) is 18.6 Å². The maximum atomic E-state index is 12.6. The van der Waals surface area contributed by atoms with Gasteiger partial charge in [0.1, 0.15) is 12.7 Å². The second-order valence-electron chi connectivity index (χ2n) is 14.4. The van der Waals surface area contributed by atoms with Crippen molar-refractivity contribution in [2.45, 2.75) is 193 Å². The second kappa shape index (κ2) is 40.1. The number of phosphoric acid groups is 1. The molecule has 3 unspecified atom stereocenters. The van der Waals surface area contributed by atoms with Gasteiger partial charge in [-0.25, -0.2) is 4.57 Å². The largest absolute Gasteiger partial charge is 0.472 e. The molecule has 0 saturated carbocycles. The summed E-state index contributed by atoms with van der Waals surface area (Å²) in [6.07, 6.45) is 42.3. The number of esters is 2. The molecule has 0 aliphatic rings. The first-order chi connectivity index (χ1) is 26.7. The number of phosphoric ester groups is 1. The Labute approximate surface area is 334 Å². The summed E-state index contributed by atoms with van der Waals surface area (Å²) in [6.45, 7) is 2.30. The van der Waals surface area contributed by atoms with E-state index >= 15 is 0 Å². The third kappa shape index (κ3) is 39.9. The highest BCUT2D eigenvalue weighted by atomic mass is 31.2. The molecule has 0 aromatic heterocycles. The van der Waals surface area contributed by atoms with Crippen LogP contribution in [0.5, 0.6) is 0 Å². The average Bonchev–Trinajstić information content (AvgIpc) is 3.17. The minimum Gasteiger partial charge on any atom is -0.462 e. The highest BCUT2D eigenvalue weighted by Gasteiger charge is 2.27. The fraction of sp³-hybridized carbons (Fsp3) is 0.773. The van der Waals surface area contributed by atoms with Crippen molar-refractivity contribution in [2.75, 3.05) is 26.4 Å². The molecule has 3 N–H and O–H groups in total. The van der Waals surface area contributed by atoms with Gasteiger partial charge in [-0.1, -0.05) is 146 Å². The number of aliphatic hydroxyl groups excluding tert-OH is 2. The Bertz CT molecular complexity index is 1060. The maximum Gasteiger partial charge on any atom is 0.472 e. The van der Waals surface area contributed by atoms with Crippen molar-refractivity contribution in [3.8, 4) is 0 Å². The van der Waals surface area contributed by atoms with Crippen molar-refractivity contribution >= 4 is 19.8 Å². The number of rotatable bonds is 40. The molecule has 0 saturated heterocycles. The van der Waals surface area contributed by atoms with Crippen LogP contribution in [0.4, 0.5) is 0 Å². The number of aliphatic hydroxyl groups is 2.